The van der Waals surface area contributed by atoms with Gasteiger partial charge < -0.3 is 13.8 Å². The second-order valence-electron chi connectivity index (χ2n) is 11.6. The molecule has 2 fully saturated rings. The molecule has 9 heteroatoms. The summed E-state index contributed by atoms with van der Waals surface area (Å²) in [5.41, 5.74) is -0.578. The van der Waals surface area contributed by atoms with E-state index in [0.29, 0.717) is 18.3 Å². The molecule has 0 aromatic rings. The minimum Gasteiger partial charge on any atom is -0.469 e. The lowest BCUT2D eigenvalue weighted by Gasteiger charge is -2.46. The van der Waals surface area contributed by atoms with E-state index in [-0.39, 0.29) is 34.3 Å². The van der Waals surface area contributed by atoms with E-state index in [1.807, 2.05) is 35.4 Å². The molecule has 1 saturated heterocycles. The summed E-state index contributed by atoms with van der Waals surface area (Å²) >= 11 is 0. The van der Waals surface area contributed by atoms with Crippen molar-refractivity contribution < 1.29 is 18.6 Å². The summed E-state index contributed by atoms with van der Waals surface area (Å²) in [6.45, 7) is 17.6. The first-order valence-electron chi connectivity index (χ1n) is 12.5. The summed E-state index contributed by atoms with van der Waals surface area (Å²) in [5, 5.41) is 9.37. The molecule has 0 aromatic carbocycles. The highest BCUT2D eigenvalue weighted by Crippen LogP contribution is 2.66. The average Bonchev–Trinajstić information content (AvgIpc) is 3.03. The number of hydrogen-bond donors (Lipinski definition) is 0. The van der Waals surface area contributed by atoms with Crippen LogP contribution in [0.15, 0.2) is 0 Å². The van der Waals surface area contributed by atoms with E-state index in [0.717, 1.165) is 12.8 Å². The molecular formula is C25H45N2O4PS2. The maximum Gasteiger partial charge on any atom is 0.311 e. The molecule has 3 unspecified atom stereocenters. The Morgan fingerprint density at radius 3 is 2.29 bits per heavy atom. The van der Waals surface area contributed by atoms with Crippen molar-refractivity contribution >= 4 is 36.1 Å². The number of methoxy groups -OCH3 is 1. The Labute approximate surface area is 217 Å². The summed E-state index contributed by atoms with van der Waals surface area (Å²) in [4.78, 5) is 12.3. The predicted molar refractivity (Wildman–Crippen MR) is 144 cm³/mol. The highest BCUT2D eigenvalue weighted by Gasteiger charge is 2.57. The molecule has 2 aliphatic rings. The number of ether oxygens (including phenoxy) is 1. The SMILES string of the molecule is COC(=O)C(C)(C)CC(C)(C)CC1SSC2(CCC2)C1OP(OCCC#N)N(C(C)C)C(C)C. The van der Waals surface area contributed by atoms with Crippen LogP contribution in [0.4, 0.5) is 0 Å². The standard InChI is InChI=1S/C25H45N2O4PS2/c1-18(2)27(19(3)4)32(30-15-11-14-26)31-21-20(33-34-25(21)12-10-13-25)16-23(5,6)17-24(7,8)22(28)29-9/h18-21H,10-13,15-17H2,1-9H3. The van der Waals surface area contributed by atoms with Crippen LogP contribution in [-0.4, -0.2) is 52.5 Å². The number of esters is 1. The average molecular weight is 533 g/mol. The van der Waals surface area contributed by atoms with Gasteiger partial charge in [-0.05, 0) is 72.6 Å². The van der Waals surface area contributed by atoms with Crippen LogP contribution in [0.3, 0.4) is 0 Å². The number of rotatable bonds is 13. The number of nitrogens with zero attached hydrogens (tertiary/aromatic N) is 2. The lowest BCUT2D eigenvalue weighted by molar-refractivity contribution is -0.152. The second-order valence-corrected chi connectivity index (χ2v) is 15.9. The van der Waals surface area contributed by atoms with Crippen molar-refractivity contribution in [2.24, 2.45) is 10.8 Å². The van der Waals surface area contributed by atoms with Gasteiger partial charge in [-0.2, -0.15) is 5.26 Å². The van der Waals surface area contributed by atoms with Gasteiger partial charge in [0.2, 0.25) is 0 Å². The minimum atomic E-state index is -1.28. The highest BCUT2D eigenvalue weighted by atomic mass is 33.1. The van der Waals surface area contributed by atoms with Crippen molar-refractivity contribution in [3.05, 3.63) is 0 Å². The van der Waals surface area contributed by atoms with Crippen LogP contribution in [0.25, 0.3) is 0 Å². The summed E-state index contributed by atoms with van der Waals surface area (Å²) in [6, 6.07) is 2.75. The van der Waals surface area contributed by atoms with Gasteiger partial charge in [-0.15, -0.1) is 0 Å². The smallest absolute Gasteiger partial charge is 0.311 e. The van der Waals surface area contributed by atoms with Gasteiger partial charge in [-0.3, -0.25) is 4.79 Å². The van der Waals surface area contributed by atoms with Crippen molar-refractivity contribution in [2.75, 3.05) is 13.7 Å². The van der Waals surface area contributed by atoms with Gasteiger partial charge in [0, 0.05) is 17.3 Å². The van der Waals surface area contributed by atoms with Gasteiger partial charge in [0.05, 0.1) is 42.5 Å². The summed E-state index contributed by atoms with van der Waals surface area (Å²) in [6.07, 6.45) is 5.75. The van der Waals surface area contributed by atoms with Crippen molar-refractivity contribution in [1.29, 1.82) is 5.26 Å². The minimum absolute atomic E-state index is 0.0486. The molecular weight excluding hydrogens is 487 g/mol. The quantitative estimate of drug-likeness (QED) is 0.106. The maximum absolute atomic E-state index is 12.3. The molecule has 2 rings (SSSR count). The van der Waals surface area contributed by atoms with Crippen LogP contribution < -0.4 is 0 Å². The van der Waals surface area contributed by atoms with Gasteiger partial charge >= 0.3 is 5.97 Å². The Morgan fingerprint density at radius 2 is 1.82 bits per heavy atom. The molecule has 1 aliphatic heterocycles. The van der Waals surface area contributed by atoms with E-state index < -0.39 is 13.9 Å². The molecule has 1 aliphatic carbocycles. The van der Waals surface area contributed by atoms with E-state index in [4.69, 9.17) is 19.0 Å². The van der Waals surface area contributed by atoms with Crippen molar-refractivity contribution in [1.82, 2.24) is 4.67 Å². The Kier molecular flexibility index (Phi) is 11.1. The molecule has 0 bridgehead atoms. The van der Waals surface area contributed by atoms with Crippen LogP contribution in [-0.2, 0) is 18.6 Å². The number of nitriles is 1. The van der Waals surface area contributed by atoms with Crippen LogP contribution in [0.2, 0.25) is 0 Å². The zero-order chi connectivity index (χ0) is 25.7. The molecule has 6 nitrogen and oxygen atoms in total. The fourth-order valence-electron chi connectivity index (χ4n) is 5.35. The lowest BCUT2D eigenvalue weighted by atomic mass is 9.70. The van der Waals surface area contributed by atoms with E-state index >= 15 is 0 Å². The van der Waals surface area contributed by atoms with Crippen molar-refractivity contribution in [3.63, 3.8) is 0 Å². The first-order valence-corrected chi connectivity index (χ1v) is 15.8. The number of hydrogen-bond acceptors (Lipinski definition) is 8. The van der Waals surface area contributed by atoms with E-state index in [2.05, 4.69) is 52.3 Å². The predicted octanol–water partition coefficient (Wildman–Crippen LogP) is 7.34. The Hall–Kier alpha value is -0.0300. The summed E-state index contributed by atoms with van der Waals surface area (Å²) in [5.74, 6) is -0.156. The highest BCUT2D eigenvalue weighted by molar-refractivity contribution is 8.78. The third kappa shape index (κ3) is 7.49. The van der Waals surface area contributed by atoms with Gasteiger partial charge in [0.1, 0.15) is 0 Å². The first kappa shape index (κ1) is 30.2. The number of carbonyl (C=O) groups is 1. The van der Waals surface area contributed by atoms with Gasteiger partial charge in [-0.25, -0.2) is 4.67 Å². The van der Waals surface area contributed by atoms with E-state index in [9.17, 15) is 4.79 Å². The molecule has 1 heterocycles. The molecule has 3 atom stereocenters. The van der Waals surface area contributed by atoms with Gasteiger partial charge in [0.25, 0.3) is 8.53 Å². The Bertz CT molecular complexity index is 714. The summed E-state index contributed by atoms with van der Waals surface area (Å²) < 4.78 is 20.8. The van der Waals surface area contributed by atoms with Crippen LogP contribution in [0.5, 0.6) is 0 Å². The molecule has 0 N–H and O–H groups in total. The van der Waals surface area contributed by atoms with Gasteiger partial charge in [-0.1, -0.05) is 41.9 Å². The largest absolute Gasteiger partial charge is 0.469 e. The zero-order valence-corrected chi connectivity index (χ0v) is 25.1. The molecule has 1 spiro atoms. The third-order valence-electron chi connectivity index (χ3n) is 6.67. The molecule has 196 valence electrons. The topological polar surface area (TPSA) is 71.8 Å². The normalized spacial score (nSPS) is 23.4. The third-order valence-corrected chi connectivity index (χ3v) is 12.5. The summed E-state index contributed by atoms with van der Waals surface area (Å²) in [7, 11) is 4.14. The molecule has 34 heavy (non-hydrogen) atoms. The Balaban J connectivity index is 2.25. The fraction of sp³-hybridized carbons (Fsp3) is 0.920. The second kappa shape index (κ2) is 12.5. The van der Waals surface area contributed by atoms with E-state index in [1.54, 1.807) is 0 Å². The molecule has 1 saturated carbocycles. The molecule has 0 radical (unpaired) electrons. The van der Waals surface area contributed by atoms with Crippen LogP contribution in [0, 0.1) is 22.2 Å². The Morgan fingerprint density at radius 1 is 1.21 bits per heavy atom. The van der Waals surface area contributed by atoms with E-state index in [1.165, 1.54) is 26.4 Å². The van der Waals surface area contributed by atoms with Gasteiger partial charge in [0.15, 0.2) is 0 Å². The lowest BCUT2D eigenvalue weighted by Crippen LogP contribution is -2.49. The number of carbonyl (C=O) groups excluding carboxylic acids is 1. The fourth-order valence-corrected chi connectivity index (χ4v) is 11.7. The van der Waals surface area contributed by atoms with Crippen molar-refractivity contribution in [3.8, 4) is 6.07 Å². The first-order chi connectivity index (χ1) is 15.8. The molecule has 0 amide bonds. The maximum atomic E-state index is 12.3. The van der Waals surface area contributed by atoms with Crippen LogP contribution >= 0.6 is 30.1 Å². The monoisotopic (exact) mass is 532 g/mol. The zero-order valence-electron chi connectivity index (χ0n) is 22.6. The van der Waals surface area contributed by atoms with Crippen molar-refractivity contribution in [2.45, 2.75) is 122 Å². The van der Waals surface area contributed by atoms with Crippen LogP contribution in [0.1, 0.15) is 93.9 Å². The molecule has 0 aromatic heterocycles.